The highest BCUT2D eigenvalue weighted by Crippen LogP contribution is 2.20. The number of nitrogens with two attached hydrogens (primary N) is 1. The first-order valence-electron chi connectivity index (χ1n) is 17.6. The van der Waals surface area contributed by atoms with E-state index < -0.39 is 77.8 Å². The Hall–Kier alpha value is -4.78. The van der Waals surface area contributed by atoms with E-state index in [9.17, 15) is 39.0 Å². The number of aromatic nitrogens is 1. The molecule has 0 spiro atoms. The Morgan fingerprint density at radius 3 is 1.78 bits per heavy atom. The average molecular weight is 785 g/mol. The highest BCUT2D eigenvalue weighted by atomic mass is 32.1. The lowest BCUT2D eigenvalue weighted by Crippen LogP contribution is -2.63. The van der Waals surface area contributed by atoms with Gasteiger partial charge in [0.15, 0.2) is 0 Å². The molecule has 0 radical (unpaired) electrons. The van der Waals surface area contributed by atoms with Crippen molar-refractivity contribution in [3.05, 3.63) is 65.9 Å². The number of carbonyl (C=O) groups is 6. The highest BCUT2D eigenvalue weighted by Gasteiger charge is 2.36. The molecule has 3 aromatic rings. The van der Waals surface area contributed by atoms with Gasteiger partial charge in [0.1, 0.15) is 42.0 Å². The van der Waals surface area contributed by atoms with Gasteiger partial charge in [0.2, 0.25) is 35.4 Å². The molecule has 16 nitrogen and oxygen atoms in total. The lowest BCUT2D eigenvalue weighted by Gasteiger charge is -2.29. The number of thiol groups is 2. The van der Waals surface area contributed by atoms with Crippen LogP contribution in [0.15, 0.2) is 54.7 Å². The van der Waals surface area contributed by atoms with Gasteiger partial charge in [0.05, 0.1) is 6.10 Å². The topological polar surface area (TPSA) is 257 Å². The van der Waals surface area contributed by atoms with E-state index >= 15 is 0 Å². The molecule has 1 fully saturated rings. The summed E-state index contributed by atoms with van der Waals surface area (Å²) in [5.41, 5.74) is 7.72. The summed E-state index contributed by atoms with van der Waals surface area (Å²) in [6.45, 7) is 1.59. The Labute approximate surface area is 323 Å². The number of unbranched alkanes of at least 4 members (excludes halogenated alkanes) is 1. The molecule has 1 aliphatic heterocycles. The predicted molar refractivity (Wildman–Crippen MR) is 208 cm³/mol. The van der Waals surface area contributed by atoms with Gasteiger partial charge < -0.3 is 52.8 Å². The zero-order valence-electron chi connectivity index (χ0n) is 29.7. The van der Waals surface area contributed by atoms with Gasteiger partial charge >= 0.3 is 0 Å². The van der Waals surface area contributed by atoms with Gasteiger partial charge in [0.25, 0.3) is 0 Å². The van der Waals surface area contributed by atoms with Crippen molar-refractivity contribution in [2.45, 2.75) is 81.4 Å². The minimum Gasteiger partial charge on any atom is -0.508 e. The van der Waals surface area contributed by atoms with Crippen LogP contribution in [0, 0.1) is 0 Å². The molecule has 1 aliphatic rings. The summed E-state index contributed by atoms with van der Waals surface area (Å²) >= 11 is 8.41. The van der Waals surface area contributed by atoms with E-state index in [0.29, 0.717) is 30.5 Å². The number of benzene rings is 2. The van der Waals surface area contributed by atoms with Gasteiger partial charge in [-0.25, -0.2) is 0 Å². The lowest BCUT2D eigenvalue weighted by molar-refractivity contribution is -0.137. The van der Waals surface area contributed by atoms with E-state index in [1.807, 2.05) is 24.3 Å². The molecule has 292 valence electrons. The third kappa shape index (κ3) is 11.4. The molecule has 54 heavy (non-hydrogen) atoms. The highest BCUT2D eigenvalue weighted by molar-refractivity contribution is 7.80. The van der Waals surface area contributed by atoms with Crippen LogP contribution >= 0.6 is 25.3 Å². The van der Waals surface area contributed by atoms with Crippen molar-refractivity contribution in [3.63, 3.8) is 0 Å². The number of aliphatic hydroxyl groups is 1. The van der Waals surface area contributed by atoms with Gasteiger partial charge in [-0.05, 0) is 62.1 Å². The third-order valence-corrected chi connectivity index (χ3v) is 9.75. The van der Waals surface area contributed by atoms with Crippen molar-refractivity contribution in [3.8, 4) is 5.75 Å². The van der Waals surface area contributed by atoms with E-state index in [2.05, 4.69) is 62.1 Å². The average Bonchev–Trinajstić information content (AvgIpc) is 3.56. The maximum Gasteiger partial charge on any atom is 0.245 e. The number of amides is 6. The number of aliphatic hydroxyl groups excluding tert-OH is 1. The molecule has 4 rings (SSSR count). The molecule has 0 unspecified atom stereocenters. The first kappa shape index (κ1) is 42.0. The lowest BCUT2D eigenvalue weighted by atomic mass is 10.0. The molecule has 11 N–H and O–H groups in total. The second-order valence-electron chi connectivity index (χ2n) is 13.1. The zero-order valence-corrected chi connectivity index (χ0v) is 31.5. The van der Waals surface area contributed by atoms with Crippen LogP contribution in [0.2, 0.25) is 0 Å². The van der Waals surface area contributed by atoms with E-state index in [1.54, 1.807) is 18.3 Å². The maximum atomic E-state index is 14.2. The smallest absolute Gasteiger partial charge is 0.245 e. The minimum atomic E-state index is -1.55. The molecular formula is C36H48N8O8S2. The number of H-pyrrole nitrogens is 1. The van der Waals surface area contributed by atoms with Crippen LogP contribution in [0.3, 0.4) is 0 Å². The Morgan fingerprint density at radius 2 is 1.19 bits per heavy atom. The molecule has 2 heterocycles. The van der Waals surface area contributed by atoms with Crippen LogP contribution in [0.25, 0.3) is 10.9 Å². The fraction of sp³-hybridized carbons (Fsp3) is 0.444. The third-order valence-electron chi connectivity index (χ3n) is 9.01. The quantitative estimate of drug-likeness (QED) is 0.0836. The summed E-state index contributed by atoms with van der Waals surface area (Å²) in [7, 11) is 0. The molecule has 6 amide bonds. The van der Waals surface area contributed by atoms with Gasteiger partial charge in [0, 0.05) is 41.4 Å². The summed E-state index contributed by atoms with van der Waals surface area (Å²) < 4.78 is 0. The van der Waals surface area contributed by atoms with Crippen molar-refractivity contribution in [1.29, 1.82) is 0 Å². The number of aromatic hydroxyl groups is 1. The molecule has 2 aromatic carbocycles. The van der Waals surface area contributed by atoms with Crippen LogP contribution < -0.4 is 37.6 Å². The van der Waals surface area contributed by atoms with E-state index in [-0.39, 0.29) is 36.5 Å². The molecule has 0 bridgehead atoms. The number of hydrogen-bond acceptors (Lipinski definition) is 11. The molecule has 1 saturated heterocycles. The van der Waals surface area contributed by atoms with Crippen molar-refractivity contribution < 1.29 is 39.0 Å². The summed E-state index contributed by atoms with van der Waals surface area (Å²) in [4.78, 5) is 85.7. The number of rotatable bonds is 11. The number of phenols is 1. The monoisotopic (exact) mass is 784 g/mol. The number of carbonyl (C=O) groups excluding carboxylic acids is 6. The van der Waals surface area contributed by atoms with E-state index in [4.69, 9.17) is 5.73 Å². The summed E-state index contributed by atoms with van der Waals surface area (Å²) in [5.74, 6) is -5.22. The van der Waals surface area contributed by atoms with Crippen molar-refractivity contribution >= 4 is 71.6 Å². The first-order valence-corrected chi connectivity index (χ1v) is 18.9. The second-order valence-corrected chi connectivity index (χ2v) is 13.8. The standard InChI is InChI=1S/C36H48N8O8S2/c1-19(45)30-36(52)43-29(18-54)35(51)42-28(17-53)34(50)40-26(14-20-9-11-22(46)12-10-20)32(48)41-27(15-21-16-38-24-7-3-2-6-23(21)24)33(49)39-25(31(47)44-30)8-4-5-13-37/h2-3,6-7,9-12,16,19,25-30,38,45-46,53-54H,4-5,8,13-15,17-18,37H2,1H3,(H,39,49)(H,40,50)(H,41,48)(H,42,51)(H,43,52)(H,44,47)/t19-,25+,26+,27-,28+,29+,30+/m1/s1. The Kier molecular flexibility index (Phi) is 15.6. The molecular weight excluding hydrogens is 737 g/mol. The summed E-state index contributed by atoms with van der Waals surface area (Å²) in [5, 5.41) is 36.8. The fourth-order valence-corrected chi connectivity index (χ4v) is 6.48. The van der Waals surface area contributed by atoms with Crippen molar-refractivity contribution in [2.24, 2.45) is 5.73 Å². The number of fused-ring (bicyclic) bond motifs is 1. The van der Waals surface area contributed by atoms with Crippen LogP contribution in [0.1, 0.15) is 37.3 Å². The Bertz CT molecular complexity index is 1790. The van der Waals surface area contributed by atoms with E-state index in [1.165, 1.54) is 19.1 Å². The summed E-state index contributed by atoms with van der Waals surface area (Å²) in [6.07, 6.45) is 1.20. The molecule has 7 atom stereocenters. The van der Waals surface area contributed by atoms with E-state index in [0.717, 1.165) is 10.9 Å². The molecule has 1 aromatic heterocycles. The minimum absolute atomic E-state index is 0.0130. The number of hydrogen-bond donors (Lipinski definition) is 12. The fourth-order valence-electron chi connectivity index (χ4n) is 5.97. The second kappa shape index (κ2) is 20.1. The van der Waals surface area contributed by atoms with Gasteiger partial charge in [-0.2, -0.15) is 25.3 Å². The Morgan fingerprint density at radius 1 is 0.667 bits per heavy atom. The predicted octanol–water partition coefficient (Wildman–Crippen LogP) is -1.05. The number of aromatic amines is 1. The van der Waals surface area contributed by atoms with Gasteiger partial charge in [-0.3, -0.25) is 28.8 Å². The Balaban J connectivity index is 1.78. The van der Waals surface area contributed by atoms with Gasteiger partial charge in [-0.1, -0.05) is 30.3 Å². The van der Waals surface area contributed by atoms with Crippen molar-refractivity contribution in [2.75, 3.05) is 18.1 Å². The molecule has 18 heteroatoms. The maximum absolute atomic E-state index is 14.2. The van der Waals surface area contributed by atoms with Gasteiger partial charge in [-0.15, -0.1) is 0 Å². The molecule has 0 saturated carbocycles. The van der Waals surface area contributed by atoms with Crippen LogP contribution in [-0.2, 0) is 41.6 Å². The number of nitrogens with one attached hydrogen (secondary N) is 7. The number of para-hydroxylation sites is 1. The number of phenolic OH excluding ortho intramolecular Hbond substituents is 1. The molecule has 0 aliphatic carbocycles. The summed E-state index contributed by atoms with van der Waals surface area (Å²) in [6, 6.07) is 5.39. The van der Waals surface area contributed by atoms with Crippen LogP contribution in [0.4, 0.5) is 0 Å². The SMILES string of the molecule is C[C@@H](O)[C@@H]1NC(=O)[C@H](CCCCN)NC(=O)[C@@H](Cc2c[nH]c3ccccc23)NC(=O)[C@H](Cc2ccc(O)cc2)NC(=O)[C@H](CS)NC(=O)[C@H](CS)NC1=O. The van der Waals surface area contributed by atoms with Crippen LogP contribution in [-0.4, -0.2) is 111 Å². The normalized spacial score (nSPS) is 24.2. The largest absolute Gasteiger partial charge is 0.508 e. The van der Waals surface area contributed by atoms with Crippen molar-refractivity contribution in [1.82, 2.24) is 36.9 Å². The first-order chi connectivity index (χ1) is 25.8. The van der Waals surface area contributed by atoms with Crippen LogP contribution in [0.5, 0.6) is 5.75 Å². The zero-order chi connectivity index (χ0) is 39.4.